The van der Waals surface area contributed by atoms with Crippen molar-refractivity contribution in [2.75, 3.05) is 0 Å². The summed E-state index contributed by atoms with van der Waals surface area (Å²) in [6.45, 7) is 0. The largest absolute Gasteiger partial charge is 0.478 e. The molecule has 0 aromatic carbocycles. The van der Waals surface area contributed by atoms with Crippen LogP contribution >= 0.6 is 0 Å². The quantitative estimate of drug-likeness (QED) is 0.487. The van der Waals surface area contributed by atoms with Crippen LogP contribution in [0, 0.1) is 0 Å². The molecule has 0 bridgehead atoms. The van der Waals surface area contributed by atoms with Crippen molar-refractivity contribution in [3.8, 4) is 0 Å². The molecule has 2 N–H and O–H groups in total. The van der Waals surface area contributed by atoms with Crippen molar-refractivity contribution in [2.45, 2.75) is 0 Å². The first-order valence-corrected chi connectivity index (χ1v) is 1.75. The van der Waals surface area contributed by atoms with Gasteiger partial charge in [0.2, 0.25) is 0 Å². The molecule has 8 heavy (non-hydrogen) atoms. The zero-order valence-electron chi connectivity index (χ0n) is 4.83. The van der Waals surface area contributed by atoms with Gasteiger partial charge in [0, 0.05) is 12.2 Å². The van der Waals surface area contributed by atoms with E-state index in [1.807, 2.05) is 0 Å². The lowest BCUT2D eigenvalue weighted by Crippen LogP contribution is -1.91. The maximum Gasteiger partial charge on any atom is 0.328 e. The van der Waals surface area contributed by atoms with Crippen LogP contribution in [-0.2, 0) is 9.59 Å². The molecule has 0 aliphatic carbocycles. The standard InChI is InChI=1S/C4H4O4/c5-3(6)1-2-4(7)8/h1-2H,(H,5,6)(H,7,8)/b2-1+/i/hD. The van der Waals surface area contributed by atoms with E-state index in [-0.39, 0.29) is 0 Å². The zero-order chi connectivity index (χ0) is 7.28. The summed E-state index contributed by atoms with van der Waals surface area (Å²) in [6, 6.07) is 0. The van der Waals surface area contributed by atoms with Crippen LogP contribution in [0.4, 0.5) is 0 Å². The van der Waals surface area contributed by atoms with Gasteiger partial charge in [-0.05, 0) is 0 Å². The minimum absolute atomic E-state index is 0.594. The normalized spacial score (nSPS) is 10.8. The summed E-state index contributed by atoms with van der Waals surface area (Å²) in [6.07, 6.45) is 1.24. The fourth-order valence-corrected chi connectivity index (χ4v) is 0.139. The van der Waals surface area contributed by atoms with E-state index in [1.54, 1.807) is 0 Å². The molecule has 0 aromatic heterocycles. The molecule has 0 rings (SSSR count). The van der Waals surface area contributed by atoms with Crippen molar-refractivity contribution < 1.29 is 19.8 Å². The monoisotopic (exact) mass is 117 g/mol. The van der Waals surface area contributed by atoms with Gasteiger partial charge >= 0.3 is 11.9 Å². The van der Waals surface area contributed by atoms with Gasteiger partial charge in [0.1, 0.15) is 0 Å². The van der Waals surface area contributed by atoms with Gasteiger partial charge in [0.05, 0.1) is 0 Å². The minimum atomic E-state index is -1.25. The molecule has 0 aromatic rings. The lowest BCUT2D eigenvalue weighted by Gasteiger charge is -1.74. The fourth-order valence-electron chi connectivity index (χ4n) is 0.139. The van der Waals surface area contributed by atoms with E-state index in [0.717, 1.165) is 0 Å². The van der Waals surface area contributed by atoms with E-state index >= 15 is 0 Å². The molecule has 0 fully saturated rings. The van der Waals surface area contributed by atoms with Crippen LogP contribution in [-0.4, -0.2) is 22.2 Å². The van der Waals surface area contributed by atoms with Gasteiger partial charge in [0.15, 0.2) is 0 Å². The third-order valence-electron chi connectivity index (χ3n) is 0.362. The summed E-state index contributed by atoms with van der Waals surface area (Å²) in [7, 11) is 0. The molecule has 0 saturated carbocycles. The molecule has 0 amide bonds. The highest BCUT2D eigenvalue weighted by molar-refractivity contribution is 5.89. The summed E-state index contributed by atoms with van der Waals surface area (Å²) in [5.41, 5.74) is 0. The average Bonchev–Trinajstić information content (AvgIpc) is 1.83. The Labute approximate surface area is 46.5 Å². The summed E-state index contributed by atoms with van der Waals surface area (Å²) in [5.74, 6) is -2.25. The molecule has 0 aliphatic heterocycles. The van der Waals surface area contributed by atoms with Gasteiger partial charge in [-0.15, -0.1) is 0 Å². The van der Waals surface area contributed by atoms with Crippen LogP contribution in [0.25, 0.3) is 1.43 Å². The van der Waals surface area contributed by atoms with Crippen molar-refractivity contribution >= 4 is 11.9 Å². The highest BCUT2D eigenvalue weighted by Gasteiger charge is 1.88. The lowest BCUT2D eigenvalue weighted by atomic mass is 10.5. The molecule has 0 saturated heterocycles. The Morgan fingerprint density at radius 3 is 2.25 bits per heavy atom. The number of hydrogen-bond acceptors (Lipinski definition) is 3. The minimum Gasteiger partial charge on any atom is -0.478 e. The molecular weight excluding hydrogens is 112 g/mol. The first-order valence-electron chi connectivity index (χ1n) is 2.15. The second kappa shape index (κ2) is 2.79. The first-order chi connectivity index (χ1) is 4.16. The highest BCUT2D eigenvalue weighted by atomic mass is 16.4. The summed E-state index contributed by atoms with van der Waals surface area (Å²) >= 11 is 0. The predicted octanol–water partition coefficient (Wildman–Crippen LogP) is -0.288. The molecule has 44 valence electrons. The van der Waals surface area contributed by atoms with E-state index in [0.29, 0.717) is 12.2 Å². The van der Waals surface area contributed by atoms with E-state index in [9.17, 15) is 9.59 Å². The number of hydrogen-bond donors (Lipinski definition) is 2. The number of rotatable bonds is 2. The maximum atomic E-state index is 9.96. The van der Waals surface area contributed by atoms with Gasteiger partial charge in [-0.2, -0.15) is 0 Å². The van der Waals surface area contributed by atoms with Crippen LogP contribution in [0.2, 0.25) is 0 Å². The smallest absolute Gasteiger partial charge is 0.328 e. The van der Waals surface area contributed by atoms with E-state index in [1.165, 1.54) is 0 Å². The topological polar surface area (TPSA) is 74.6 Å². The predicted molar refractivity (Wildman–Crippen MR) is 24.4 cm³/mol. The summed E-state index contributed by atoms with van der Waals surface area (Å²) < 4.78 is 5.96. The molecule has 0 unspecified atom stereocenters. The molecule has 0 radical (unpaired) electrons. The number of carboxylic acid groups (broad SMARTS) is 2. The van der Waals surface area contributed by atoms with E-state index in [4.69, 9.17) is 6.54 Å². The van der Waals surface area contributed by atoms with E-state index < -0.39 is 11.9 Å². The second-order valence-corrected chi connectivity index (χ2v) is 0.991. The summed E-state index contributed by atoms with van der Waals surface area (Å²) in [4.78, 5) is 19.6. The first kappa shape index (κ1) is 4.83. The van der Waals surface area contributed by atoms with Crippen molar-refractivity contribution in [1.82, 2.24) is 0 Å². The molecule has 0 spiro atoms. The van der Waals surface area contributed by atoms with Crippen LogP contribution < -0.4 is 0 Å². The van der Waals surface area contributed by atoms with Crippen LogP contribution in [0.3, 0.4) is 0 Å². The number of carbonyl (C=O) groups is 2. The third-order valence-corrected chi connectivity index (χ3v) is 0.362. The molecule has 0 atom stereocenters. The second-order valence-electron chi connectivity index (χ2n) is 0.991. The Balaban J connectivity index is 3.71. The van der Waals surface area contributed by atoms with Crippen molar-refractivity contribution in [2.24, 2.45) is 0 Å². The number of carboxylic acids is 2. The molecule has 4 nitrogen and oxygen atoms in total. The van der Waals surface area contributed by atoms with Gasteiger partial charge in [0.25, 0.3) is 1.43 Å². The van der Waals surface area contributed by atoms with Crippen molar-refractivity contribution in [3.63, 3.8) is 0 Å². The molecule has 0 heterocycles. The van der Waals surface area contributed by atoms with E-state index in [2.05, 4.69) is 5.11 Å². The van der Waals surface area contributed by atoms with Crippen molar-refractivity contribution in [1.29, 1.82) is 1.43 Å². The highest BCUT2D eigenvalue weighted by Crippen LogP contribution is 1.70. The van der Waals surface area contributed by atoms with Crippen LogP contribution in [0.15, 0.2) is 12.2 Å². The van der Waals surface area contributed by atoms with Crippen molar-refractivity contribution in [3.05, 3.63) is 12.2 Å². The third kappa shape index (κ3) is 4.68. The SMILES string of the molecule is [2H]OC(=O)/C=C/C(=O)O. The zero-order valence-corrected chi connectivity index (χ0v) is 3.83. The van der Waals surface area contributed by atoms with Crippen LogP contribution in [0.5, 0.6) is 0 Å². The average molecular weight is 117 g/mol. The van der Waals surface area contributed by atoms with Gasteiger partial charge in [-0.3, -0.25) is 0 Å². The maximum absolute atomic E-state index is 9.96. The molecule has 4 heteroatoms. The van der Waals surface area contributed by atoms with Gasteiger partial charge in [-0.1, -0.05) is 0 Å². The Hall–Kier alpha value is -1.32. The number of aliphatic carboxylic acids is 2. The Bertz CT molecular complexity index is 151. The Kier molecular flexibility index (Phi) is 1.68. The molecular formula is C4H4O4. The van der Waals surface area contributed by atoms with Gasteiger partial charge in [-0.25, -0.2) is 9.59 Å². The Morgan fingerprint density at radius 1 is 1.38 bits per heavy atom. The molecule has 0 aliphatic rings. The van der Waals surface area contributed by atoms with Crippen LogP contribution in [0.1, 0.15) is 0 Å². The Morgan fingerprint density at radius 2 is 1.88 bits per heavy atom. The summed E-state index contributed by atoms with van der Waals surface area (Å²) in [5, 5.41) is 11.3. The van der Waals surface area contributed by atoms with Gasteiger partial charge < -0.3 is 10.2 Å². The fraction of sp³-hybridized carbons (Fsp3) is 0. The lowest BCUT2D eigenvalue weighted by molar-refractivity contribution is -0.134.